The molecule has 0 bridgehead atoms. The van der Waals surface area contributed by atoms with Crippen molar-refractivity contribution in [1.82, 2.24) is 19.5 Å². The zero-order valence-corrected chi connectivity index (χ0v) is 14.3. The maximum Gasteiger partial charge on any atom is 0.291 e. The summed E-state index contributed by atoms with van der Waals surface area (Å²) in [6.07, 6.45) is 1.58. The molecular formula is C20H18N4O2. The third-order valence-electron chi connectivity index (χ3n) is 4.41. The molecule has 1 amide bonds. The number of fused-ring (bicyclic) bond motifs is 3. The van der Waals surface area contributed by atoms with E-state index < -0.39 is 0 Å². The van der Waals surface area contributed by atoms with Gasteiger partial charge in [0.15, 0.2) is 0 Å². The van der Waals surface area contributed by atoms with Gasteiger partial charge in [0.2, 0.25) is 5.91 Å². The van der Waals surface area contributed by atoms with E-state index in [0.29, 0.717) is 12.1 Å². The first-order valence-corrected chi connectivity index (χ1v) is 8.40. The molecule has 2 aromatic carbocycles. The van der Waals surface area contributed by atoms with Crippen LogP contribution >= 0.6 is 0 Å². The summed E-state index contributed by atoms with van der Waals surface area (Å²) in [5.74, 6) is -0.249. The van der Waals surface area contributed by atoms with Gasteiger partial charge in [0.05, 0.1) is 5.52 Å². The minimum atomic E-state index is -0.283. The normalized spacial score (nSPS) is 11.1. The van der Waals surface area contributed by atoms with Gasteiger partial charge in [0.25, 0.3) is 5.56 Å². The number of nitrogens with one attached hydrogen (secondary N) is 1. The molecule has 0 fully saturated rings. The van der Waals surface area contributed by atoms with Crippen molar-refractivity contribution >= 4 is 22.3 Å². The monoisotopic (exact) mass is 346 g/mol. The van der Waals surface area contributed by atoms with Crippen LogP contribution < -0.4 is 10.9 Å². The van der Waals surface area contributed by atoms with Gasteiger partial charge in [0.1, 0.15) is 18.4 Å². The van der Waals surface area contributed by atoms with Crippen molar-refractivity contribution < 1.29 is 4.79 Å². The molecule has 0 radical (unpaired) electrons. The Labute approximate surface area is 149 Å². The summed E-state index contributed by atoms with van der Waals surface area (Å²) >= 11 is 0. The Morgan fingerprint density at radius 2 is 1.85 bits per heavy atom. The summed E-state index contributed by atoms with van der Waals surface area (Å²) < 4.78 is 2.94. The predicted octanol–water partition coefficient (Wildman–Crippen LogP) is 2.27. The van der Waals surface area contributed by atoms with E-state index in [0.717, 1.165) is 16.5 Å². The minimum absolute atomic E-state index is 0.108. The fourth-order valence-electron chi connectivity index (χ4n) is 2.97. The van der Waals surface area contributed by atoms with Crippen molar-refractivity contribution in [1.29, 1.82) is 0 Å². The van der Waals surface area contributed by atoms with Crippen molar-refractivity contribution in [3.8, 4) is 0 Å². The van der Waals surface area contributed by atoms with Crippen LogP contribution in [-0.4, -0.2) is 20.1 Å². The fraction of sp³-hybridized carbons (Fsp3) is 0.150. The second-order valence-electron chi connectivity index (χ2n) is 6.31. The number of carbonyl (C=O) groups excluding carboxylic acids is 1. The number of hydrogen-bond donors (Lipinski definition) is 1. The van der Waals surface area contributed by atoms with E-state index in [9.17, 15) is 9.59 Å². The molecule has 26 heavy (non-hydrogen) atoms. The summed E-state index contributed by atoms with van der Waals surface area (Å²) in [4.78, 5) is 24.8. The van der Waals surface area contributed by atoms with E-state index in [4.69, 9.17) is 0 Å². The molecule has 0 aliphatic heterocycles. The summed E-state index contributed by atoms with van der Waals surface area (Å²) in [6.45, 7) is 2.33. The maximum absolute atomic E-state index is 12.6. The van der Waals surface area contributed by atoms with Crippen LogP contribution in [0, 0.1) is 6.92 Å². The molecule has 0 aliphatic carbocycles. The van der Waals surface area contributed by atoms with Gasteiger partial charge in [-0.2, -0.15) is 5.10 Å². The zero-order chi connectivity index (χ0) is 18.1. The molecule has 1 N–H and O–H groups in total. The van der Waals surface area contributed by atoms with Gasteiger partial charge in [-0.25, -0.2) is 4.68 Å². The highest BCUT2D eigenvalue weighted by atomic mass is 16.2. The first-order valence-electron chi connectivity index (χ1n) is 8.40. The number of amides is 1. The summed E-state index contributed by atoms with van der Waals surface area (Å²) in [6, 6.07) is 17.5. The van der Waals surface area contributed by atoms with Crippen molar-refractivity contribution in [3.63, 3.8) is 0 Å². The van der Waals surface area contributed by atoms with Gasteiger partial charge < -0.3 is 5.32 Å². The molecule has 6 heteroatoms. The molecule has 6 nitrogen and oxygen atoms in total. The lowest BCUT2D eigenvalue weighted by Crippen LogP contribution is -2.33. The number of nitrogens with zero attached hydrogens (tertiary/aromatic N) is 3. The smallest absolute Gasteiger partial charge is 0.291 e. The standard InChI is InChI=1S/C20H18N4O2/c1-14-6-8-15(9-7-14)11-21-19(25)12-24-20(26)18-10-16-4-2-3-5-17(16)23(18)13-22-24/h2-10,13H,11-12H2,1H3,(H,21,25). The third-order valence-corrected chi connectivity index (χ3v) is 4.41. The SMILES string of the molecule is Cc1ccc(CNC(=O)Cn2ncn3c(cc4ccccc43)c2=O)cc1. The average Bonchev–Trinajstić information content (AvgIpc) is 3.03. The Morgan fingerprint density at radius 1 is 1.08 bits per heavy atom. The molecule has 2 heterocycles. The van der Waals surface area contributed by atoms with Gasteiger partial charge in [-0.1, -0.05) is 48.0 Å². The lowest BCUT2D eigenvalue weighted by Gasteiger charge is -2.07. The van der Waals surface area contributed by atoms with E-state index in [-0.39, 0.29) is 18.0 Å². The van der Waals surface area contributed by atoms with E-state index in [1.807, 2.05) is 61.5 Å². The molecule has 4 aromatic rings. The van der Waals surface area contributed by atoms with E-state index in [1.165, 1.54) is 10.2 Å². The van der Waals surface area contributed by atoms with Gasteiger partial charge >= 0.3 is 0 Å². The highest BCUT2D eigenvalue weighted by Gasteiger charge is 2.11. The molecule has 0 unspecified atom stereocenters. The topological polar surface area (TPSA) is 68.4 Å². The molecule has 0 spiro atoms. The lowest BCUT2D eigenvalue weighted by atomic mass is 10.1. The van der Waals surface area contributed by atoms with Crippen molar-refractivity contribution in [2.45, 2.75) is 20.0 Å². The number of aryl methyl sites for hydroxylation is 1. The van der Waals surface area contributed by atoms with Gasteiger partial charge in [0, 0.05) is 11.9 Å². The first-order chi connectivity index (χ1) is 12.6. The third kappa shape index (κ3) is 2.97. The minimum Gasteiger partial charge on any atom is -0.350 e. The summed E-state index contributed by atoms with van der Waals surface area (Å²) in [5.41, 5.74) is 3.33. The second kappa shape index (κ2) is 6.48. The van der Waals surface area contributed by atoms with Gasteiger partial charge in [-0.05, 0) is 24.6 Å². The van der Waals surface area contributed by atoms with Crippen LogP contribution in [-0.2, 0) is 17.9 Å². The Balaban J connectivity index is 1.54. The summed E-state index contributed by atoms with van der Waals surface area (Å²) in [5, 5.41) is 7.93. The Hall–Kier alpha value is -3.41. The van der Waals surface area contributed by atoms with Crippen LogP contribution in [0.5, 0.6) is 0 Å². The molecular weight excluding hydrogens is 328 g/mol. The number of benzene rings is 2. The van der Waals surface area contributed by atoms with Gasteiger partial charge in [-0.3, -0.25) is 14.0 Å². The average molecular weight is 346 g/mol. The van der Waals surface area contributed by atoms with Crippen molar-refractivity contribution in [2.75, 3.05) is 0 Å². The van der Waals surface area contributed by atoms with Crippen LogP contribution in [0.1, 0.15) is 11.1 Å². The molecule has 0 saturated carbocycles. The molecule has 0 aliphatic rings. The van der Waals surface area contributed by atoms with Gasteiger partial charge in [-0.15, -0.1) is 0 Å². The Morgan fingerprint density at radius 3 is 2.65 bits per heavy atom. The Bertz CT molecular complexity index is 1160. The number of hydrogen-bond acceptors (Lipinski definition) is 3. The fourth-order valence-corrected chi connectivity index (χ4v) is 2.97. The largest absolute Gasteiger partial charge is 0.350 e. The van der Waals surface area contributed by atoms with Crippen LogP contribution in [0.3, 0.4) is 0 Å². The zero-order valence-electron chi connectivity index (χ0n) is 14.3. The maximum atomic E-state index is 12.6. The van der Waals surface area contributed by atoms with E-state index in [1.54, 1.807) is 10.7 Å². The summed E-state index contributed by atoms with van der Waals surface area (Å²) in [7, 11) is 0. The first kappa shape index (κ1) is 16.1. The quantitative estimate of drug-likeness (QED) is 0.616. The highest BCUT2D eigenvalue weighted by molar-refractivity contribution is 5.86. The van der Waals surface area contributed by atoms with Crippen LogP contribution in [0.4, 0.5) is 0 Å². The molecule has 4 rings (SSSR count). The van der Waals surface area contributed by atoms with Crippen molar-refractivity contribution in [2.24, 2.45) is 0 Å². The van der Waals surface area contributed by atoms with Crippen LogP contribution in [0.15, 0.2) is 65.7 Å². The number of aromatic nitrogens is 3. The van der Waals surface area contributed by atoms with E-state index in [2.05, 4.69) is 10.4 Å². The molecule has 0 atom stereocenters. The van der Waals surface area contributed by atoms with E-state index >= 15 is 0 Å². The second-order valence-corrected chi connectivity index (χ2v) is 6.31. The molecule has 130 valence electrons. The molecule has 2 aromatic heterocycles. The van der Waals surface area contributed by atoms with Crippen LogP contribution in [0.25, 0.3) is 16.4 Å². The number of para-hydroxylation sites is 1. The van der Waals surface area contributed by atoms with Crippen LogP contribution in [0.2, 0.25) is 0 Å². The predicted molar refractivity (Wildman–Crippen MR) is 100.0 cm³/mol. The number of rotatable bonds is 4. The number of carbonyl (C=O) groups is 1. The molecule has 0 saturated heterocycles. The van der Waals surface area contributed by atoms with Crippen molar-refractivity contribution in [3.05, 3.63) is 82.4 Å². The lowest BCUT2D eigenvalue weighted by molar-refractivity contribution is -0.122. The highest BCUT2D eigenvalue weighted by Crippen LogP contribution is 2.16. The Kier molecular flexibility index (Phi) is 4.01.